The van der Waals surface area contributed by atoms with E-state index in [0.717, 1.165) is 32.3 Å². The van der Waals surface area contributed by atoms with Crippen molar-refractivity contribution in [2.24, 2.45) is 29.2 Å². The van der Waals surface area contributed by atoms with E-state index >= 15 is 4.21 Å². The number of ether oxygens (including phenoxy) is 2. The molecule has 121 heavy (non-hydrogen) atoms. The zero-order valence-corrected chi connectivity index (χ0v) is 68.9. The average molecular weight is 1700 g/mol. The summed E-state index contributed by atoms with van der Waals surface area (Å²) in [5, 5.41) is 68.7. The Bertz CT molecular complexity index is 4710. The lowest BCUT2D eigenvalue weighted by atomic mass is 9.93. The highest BCUT2D eigenvalue weighted by molar-refractivity contribution is 7.85. The first-order valence-electron chi connectivity index (χ1n) is 39.7. The number of aliphatic hydroxyl groups is 3. The summed E-state index contributed by atoms with van der Waals surface area (Å²) in [4.78, 5) is 214. The van der Waals surface area contributed by atoms with E-state index in [4.69, 9.17) is 20.9 Å². The number of anilines is 1. The van der Waals surface area contributed by atoms with Crippen LogP contribution in [0, 0.1) is 17.8 Å². The number of benzene rings is 2. The van der Waals surface area contributed by atoms with Crippen molar-refractivity contribution < 1.29 is 101 Å². The van der Waals surface area contributed by atoms with Gasteiger partial charge in [0.1, 0.15) is 65.7 Å². The van der Waals surface area contributed by atoms with Crippen LogP contribution in [0.5, 0.6) is 5.75 Å². The molecule has 2 aromatic carbocycles. The van der Waals surface area contributed by atoms with Crippen molar-refractivity contribution in [1.82, 2.24) is 87.8 Å². The first-order chi connectivity index (χ1) is 57.6. The molecule has 4 bridgehead atoms. The lowest BCUT2D eigenvalue weighted by Crippen LogP contribution is -2.62. The van der Waals surface area contributed by atoms with Crippen LogP contribution in [0.25, 0.3) is 10.9 Å². The molecule has 9 rings (SSSR count). The van der Waals surface area contributed by atoms with Crippen LogP contribution in [-0.4, -0.2) is 270 Å². The number of carbonyl (C=O) groups excluding carboxylic acids is 15. The van der Waals surface area contributed by atoms with Gasteiger partial charge in [-0.05, 0) is 77.6 Å². The van der Waals surface area contributed by atoms with E-state index < -0.39 is 224 Å². The van der Waals surface area contributed by atoms with Crippen molar-refractivity contribution in [2.75, 3.05) is 71.0 Å². The van der Waals surface area contributed by atoms with Crippen molar-refractivity contribution in [2.45, 2.75) is 178 Å². The number of primary amides is 2. The molecule has 13 atom stereocenters. The predicted octanol–water partition coefficient (Wildman–Crippen LogP) is -2.76. The Morgan fingerprint density at radius 3 is 2.17 bits per heavy atom. The summed E-state index contributed by atoms with van der Waals surface area (Å²) in [6.07, 6.45) is 7.47. The molecule has 2 unspecified atom stereocenters. The number of hydrogen-bond donors (Lipinski definition) is 17. The Kier molecular flexibility index (Phi) is 32.8. The summed E-state index contributed by atoms with van der Waals surface area (Å²) in [6.45, 7) is 4.90. The van der Waals surface area contributed by atoms with E-state index in [9.17, 15) is 87.2 Å². The second kappa shape index (κ2) is 43.0. The van der Waals surface area contributed by atoms with Crippen LogP contribution in [0.4, 0.5) is 20.1 Å². The number of aromatic amines is 1. The van der Waals surface area contributed by atoms with Crippen LogP contribution >= 0.6 is 0 Å². The molecule has 0 radical (unpaired) electrons. The highest BCUT2D eigenvalue weighted by Gasteiger charge is 2.46. The normalized spacial score (nSPS) is 22.5. The number of urea groups is 1. The van der Waals surface area contributed by atoms with Gasteiger partial charge in [-0.1, -0.05) is 94.8 Å². The number of hydrogen-bond acceptors (Lipinski definition) is 23. The van der Waals surface area contributed by atoms with Gasteiger partial charge in [0, 0.05) is 102 Å². The van der Waals surface area contributed by atoms with E-state index in [1.54, 1.807) is 52.0 Å². The van der Waals surface area contributed by atoms with E-state index in [2.05, 4.69) is 79.9 Å². The molecule has 1 saturated heterocycles. The Morgan fingerprint density at radius 2 is 1.48 bits per heavy atom. The van der Waals surface area contributed by atoms with Gasteiger partial charge in [0.05, 0.1) is 71.8 Å². The van der Waals surface area contributed by atoms with Crippen molar-refractivity contribution >= 4 is 116 Å². The summed E-state index contributed by atoms with van der Waals surface area (Å²) < 4.78 is 28.4. The van der Waals surface area contributed by atoms with Gasteiger partial charge in [0.25, 0.3) is 0 Å². The van der Waals surface area contributed by atoms with E-state index in [1.165, 1.54) is 44.1 Å². The molecule has 3 aliphatic heterocycles. The van der Waals surface area contributed by atoms with Gasteiger partial charge in [0.2, 0.25) is 70.9 Å². The van der Waals surface area contributed by atoms with Gasteiger partial charge in [-0.25, -0.2) is 19.1 Å². The number of H-pyrrole nitrogens is 1. The molecule has 0 spiro atoms. The number of rotatable bonds is 27. The van der Waals surface area contributed by atoms with Crippen LogP contribution in [0.1, 0.15) is 102 Å². The first-order valence-corrected chi connectivity index (χ1v) is 41.0. The minimum Gasteiger partial charge on any atom is -0.445 e. The Morgan fingerprint density at radius 1 is 0.769 bits per heavy atom. The highest BCUT2D eigenvalue weighted by atomic mass is 32.2. The monoisotopic (exact) mass is 1700 g/mol. The fourth-order valence-corrected chi connectivity index (χ4v) is 15.4. The summed E-state index contributed by atoms with van der Waals surface area (Å²) in [6, 6.07) is -3.30. The zero-order valence-electron chi connectivity index (χ0n) is 68.1. The molecule has 2 aliphatic carbocycles. The second-order valence-electron chi connectivity index (χ2n) is 30.7. The number of nitrogens with two attached hydrogens (primary N) is 2. The molecule has 5 heterocycles. The fraction of sp³-hybridized carbons (Fsp3) is 0.506. The summed E-state index contributed by atoms with van der Waals surface area (Å²) >= 11 is 0. The number of nitrogens with zero attached hydrogens (tertiary/aromatic N) is 6. The lowest BCUT2D eigenvalue weighted by Gasteiger charge is -2.32. The number of carbonyl (C=O) groups is 15. The minimum absolute atomic E-state index is 0.0388. The van der Waals surface area contributed by atoms with Crippen LogP contribution in [0.2, 0.25) is 0 Å². The number of allylic oxidation sites excluding steroid dienone is 8. The molecule has 41 nitrogen and oxygen atoms in total. The SMILES string of the molecule is CC[C@H](C)[C@@H]1NC(=O)CNC(=O)[C@H]2Cc3c([nH]c4cc(OC(=O)N(C)CCN(C)C(=O)OCc5ccc(NC(=O)[C@H](CCCNC(N)=O)NC(=O)[C@@H](NC(=O)CCCn6nnc7c6CC6=C/C(=C\C=C/C=C6)C7)C(C)C)cc5)ccc34)S(=O)C[C@H](NC(=O)CNC1=O)C(=O)NC(CC(N)=O)C(=O)N1C[C@H](O)C[C@H]1C(=O)N[C@@H]([C@@H](C)[C@@H](O)CO)C(=O)N2. The van der Waals surface area contributed by atoms with Crippen LogP contribution in [-0.2, 0) is 105 Å². The molecule has 2 aromatic heterocycles. The molecule has 4 aromatic rings. The largest absolute Gasteiger partial charge is 0.445 e. The number of aromatic nitrogens is 4. The predicted molar refractivity (Wildman–Crippen MR) is 434 cm³/mol. The van der Waals surface area contributed by atoms with Crippen LogP contribution in [0.15, 0.2) is 95.1 Å². The Balaban J connectivity index is 0.867. The Labute approximate surface area is 698 Å². The van der Waals surface area contributed by atoms with E-state index in [1.807, 2.05) is 35.1 Å². The summed E-state index contributed by atoms with van der Waals surface area (Å²) in [5.74, 6) is -14.9. The average Bonchev–Trinajstić information content (AvgIpc) is 1.63. The molecule has 0 saturated carbocycles. The highest BCUT2D eigenvalue weighted by Crippen LogP contribution is 2.32. The third kappa shape index (κ3) is 25.6. The maximum absolute atomic E-state index is 15.3. The maximum atomic E-state index is 15.3. The van der Waals surface area contributed by atoms with E-state index in [-0.39, 0.29) is 78.7 Å². The number of nitrogens with one attached hydrogen (secondary N) is 12. The zero-order chi connectivity index (χ0) is 88.1. The molecular formula is C79H106N20O21S. The lowest BCUT2D eigenvalue weighted by molar-refractivity contribution is -0.144. The number of amides is 16. The molecule has 654 valence electrons. The third-order valence-corrected chi connectivity index (χ3v) is 22.7. The van der Waals surface area contributed by atoms with Gasteiger partial charge < -0.3 is 114 Å². The number of likely N-dealkylation sites (N-methyl/N-ethyl adjacent to an activating group) is 2. The van der Waals surface area contributed by atoms with E-state index in [0.29, 0.717) is 43.5 Å². The summed E-state index contributed by atoms with van der Waals surface area (Å²) in [7, 11) is 0.213. The van der Waals surface area contributed by atoms with Crippen LogP contribution in [0.3, 0.4) is 0 Å². The van der Waals surface area contributed by atoms with Gasteiger partial charge in [-0.3, -0.25) is 61.7 Å². The quantitative estimate of drug-likeness (QED) is 0.0269. The molecule has 19 N–H and O–H groups in total. The summed E-state index contributed by atoms with van der Waals surface area (Å²) in [5.41, 5.74) is 15.7. The van der Waals surface area contributed by atoms with Gasteiger partial charge in [-0.15, -0.1) is 5.10 Å². The van der Waals surface area contributed by atoms with Crippen molar-refractivity contribution in [3.63, 3.8) is 0 Å². The van der Waals surface area contributed by atoms with Gasteiger partial charge in [-0.2, -0.15) is 0 Å². The van der Waals surface area contributed by atoms with Gasteiger partial charge in [0.15, 0.2) is 0 Å². The number of aryl methyl sites for hydroxylation is 1. The topological polar surface area (TPSA) is 593 Å². The minimum atomic E-state index is -2.57. The number of aliphatic hydroxyl groups excluding tert-OH is 3. The smallest absolute Gasteiger partial charge is 0.415 e. The number of fused-ring (bicyclic) bond motifs is 7. The fourth-order valence-electron chi connectivity index (χ4n) is 14.0. The first kappa shape index (κ1) is 92.4. The second-order valence-corrected chi connectivity index (χ2v) is 32.2. The molecule has 1 fully saturated rings. The van der Waals surface area contributed by atoms with Crippen molar-refractivity contribution in [1.29, 1.82) is 0 Å². The van der Waals surface area contributed by atoms with Gasteiger partial charge >= 0.3 is 18.2 Å². The third-order valence-electron chi connectivity index (χ3n) is 21.2. The molecule has 16 amide bonds. The van der Waals surface area contributed by atoms with Crippen LogP contribution < -0.4 is 74.7 Å². The Hall–Kier alpha value is -12.4. The standard InChI is InChI=1S/C79H106N20O21S/c1-8-42(4)66-72(111)84-35-63(105)86-57-40-121(118)75-51(33-55(68(107)83-36-64(106)92-66)88-74(113)67(43(5)60(102)38-100)93-71(110)59-31-48(101)37-98(59)76(114)56(34-61(80)103)89-70(57)109)50-23-22-49(32-53(50)90-75)120-79(117)97(7)27-26-96(6)78(116)119-39-44-18-20-47(21-19-44)85-69(108)52(16-12-24-82-77(81)115)87-73(112)65(41(2)3)91-62(104)17-13-25-99-58-30-46-15-11-9-10-14-45(28-46)29-54(58)94-95-99/h9-11,14-15,18-23,28,32,41-43,48,52,55-57,59-60,65-67,90,100-102H,8,12-13,16-17,24-27,29-31,33-40H2,1-7H3,(H2,80,103)(H,83,107)(H,84,111)(H,85,108)(H,86,105)(H,87,112)(H,88,113)(H,89,109)(H,91,104)(H,92,106)(H,93,110)(H3,81,82,115)/b10-9-,11-9?,14-10?,15-11?,45-14+,46-15?/t42-,43-,48+,52-,55+,56?,57-,59-,60-,65-,66-,67-,121?/m0/s1. The van der Waals surface area contributed by atoms with Crippen molar-refractivity contribution in [3.05, 3.63) is 113 Å². The molecular weight excluding hydrogens is 1600 g/mol. The van der Waals surface area contributed by atoms with Crippen molar-refractivity contribution in [3.8, 4) is 5.75 Å². The molecule has 42 heteroatoms. The maximum Gasteiger partial charge on any atom is 0.415 e. The molecule has 5 aliphatic rings.